The highest BCUT2D eigenvalue weighted by atomic mass is 79.9. The first kappa shape index (κ1) is 16.7. The van der Waals surface area contributed by atoms with Crippen molar-refractivity contribution in [3.05, 3.63) is 81.1 Å². The summed E-state index contributed by atoms with van der Waals surface area (Å²) in [4.78, 5) is 4.66. The first-order chi connectivity index (χ1) is 11.5. The Balaban J connectivity index is 1.95. The summed E-state index contributed by atoms with van der Waals surface area (Å²) in [6.07, 6.45) is 1.96. The van der Waals surface area contributed by atoms with Crippen molar-refractivity contribution in [2.45, 2.75) is 27.7 Å². The number of benzene rings is 2. The van der Waals surface area contributed by atoms with Gasteiger partial charge in [0.05, 0.1) is 5.69 Å². The summed E-state index contributed by atoms with van der Waals surface area (Å²) in [7, 11) is 0. The van der Waals surface area contributed by atoms with E-state index in [0.29, 0.717) is 0 Å². The van der Waals surface area contributed by atoms with Crippen molar-refractivity contribution in [2.24, 2.45) is 4.99 Å². The van der Waals surface area contributed by atoms with Crippen molar-refractivity contribution < 1.29 is 0 Å². The van der Waals surface area contributed by atoms with Gasteiger partial charge >= 0.3 is 0 Å². The van der Waals surface area contributed by atoms with Gasteiger partial charge in [-0.05, 0) is 81.3 Å². The molecule has 0 aliphatic carbocycles. The zero-order chi connectivity index (χ0) is 17.3. The molecule has 0 bridgehead atoms. The molecule has 2 nitrogen and oxygen atoms in total. The van der Waals surface area contributed by atoms with Crippen molar-refractivity contribution >= 4 is 27.8 Å². The third-order valence-corrected chi connectivity index (χ3v) is 4.93. The van der Waals surface area contributed by atoms with Crippen LogP contribution in [-0.4, -0.2) is 10.8 Å². The molecule has 1 aromatic heterocycles. The van der Waals surface area contributed by atoms with Crippen LogP contribution < -0.4 is 0 Å². The van der Waals surface area contributed by atoms with Crippen LogP contribution in [0, 0.1) is 27.7 Å². The third-order valence-electron chi connectivity index (χ3n) is 4.40. The highest BCUT2D eigenvalue weighted by Gasteiger charge is 2.09. The highest BCUT2D eigenvalue weighted by molar-refractivity contribution is 9.10. The maximum atomic E-state index is 4.66. The lowest BCUT2D eigenvalue weighted by Gasteiger charge is -2.09. The van der Waals surface area contributed by atoms with Crippen molar-refractivity contribution in [1.29, 1.82) is 0 Å². The van der Waals surface area contributed by atoms with Crippen LogP contribution in [0.2, 0.25) is 0 Å². The van der Waals surface area contributed by atoms with E-state index in [1.54, 1.807) is 0 Å². The van der Waals surface area contributed by atoms with E-state index in [2.05, 4.69) is 102 Å². The van der Waals surface area contributed by atoms with Gasteiger partial charge in [-0.15, -0.1) is 0 Å². The Kier molecular flexibility index (Phi) is 4.72. The molecule has 0 atom stereocenters. The van der Waals surface area contributed by atoms with E-state index in [-0.39, 0.29) is 0 Å². The van der Waals surface area contributed by atoms with E-state index in [4.69, 9.17) is 0 Å². The van der Waals surface area contributed by atoms with Crippen LogP contribution in [0.4, 0.5) is 5.69 Å². The zero-order valence-electron chi connectivity index (χ0n) is 14.5. The highest BCUT2D eigenvalue weighted by Crippen LogP contribution is 2.23. The van der Waals surface area contributed by atoms with Crippen molar-refractivity contribution in [3.63, 3.8) is 0 Å². The number of aryl methyl sites for hydroxylation is 3. The van der Waals surface area contributed by atoms with Gasteiger partial charge in [0.25, 0.3) is 0 Å². The molecule has 0 unspecified atom stereocenters. The van der Waals surface area contributed by atoms with Crippen LogP contribution in [0.15, 0.2) is 58.0 Å². The van der Waals surface area contributed by atoms with Gasteiger partial charge in [0.1, 0.15) is 0 Å². The smallest absolute Gasteiger partial charge is 0.0632 e. The van der Waals surface area contributed by atoms with E-state index >= 15 is 0 Å². The standard InChI is InChI=1S/C21H21BrN2/c1-14-5-8-20(11-15(14)2)23-13-18-12-16(3)24(17(18)4)21-9-6-19(22)7-10-21/h5-13H,1-4H3. The van der Waals surface area contributed by atoms with Crippen molar-refractivity contribution in [3.8, 4) is 5.69 Å². The number of aromatic nitrogens is 1. The second-order valence-electron chi connectivity index (χ2n) is 6.17. The second-order valence-corrected chi connectivity index (χ2v) is 7.08. The molecule has 0 saturated heterocycles. The molecule has 0 saturated carbocycles. The van der Waals surface area contributed by atoms with E-state index in [1.165, 1.54) is 28.2 Å². The number of aliphatic imine (C=N–C) groups is 1. The average Bonchev–Trinajstić information content (AvgIpc) is 2.84. The first-order valence-electron chi connectivity index (χ1n) is 8.02. The van der Waals surface area contributed by atoms with Gasteiger partial charge in [-0.1, -0.05) is 22.0 Å². The predicted molar refractivity (Wildman–Crippen MR) is 106 cm³/mol. The molecular formula is C21H21BrN2. The van der Waals surface area contributed by atoms with E-state index in [9.17, 15) is 0 Å². The van der Waals surface area contributed by atoms with E-state index < -0.39 is 0 Å². The molecular weight excluding hydrogens is 360 g/mol. The van der Waals surface area contributed by atoms with Crippen LogP contribution in [0.5, 0.6) is 0 Å². The number of hydrogen-bond donors (Lipinski definition) is 0. The fourth-order valence-corrected chi connectivity index (χ4v) is 3.12. The maximum absolute atomic E-state index is 4.66. The topological polar surface area (TPSA) is 17.3 Å². The molecule has 0 N–H and O–H groups in total. The molecule has 0 amide bonds. The molecule has 3 rings (SSSR count). The summed E-state index contributed by atoms with van der Waals surface area (Å²) in [5.41, 5.74) is 8.27. The predicted octanol–water partition coefficient (Wildman–Crippen LogP) is 6.22. The molecule has 3 heteroatoms. The zero-order valence-corrected chi connectivity index (χ0v) is 16.1. The summed E-state index contributed by atoms with van der Waals surface area (Å²) in [5, 5.41) is 0. The lowest BCUT2D eigenvalue weighted by atomic mass is 10.1. The van der Waals surface area contributed by atoms with E-state index in [1.807, 2.05) is 6.21 Å². The third kappa shape index (κ3) is 3.36. The van der Waals surface area contributed by atoms with Crippen LogP contribution in [0.1, 0.15) is 28.1 Å². The Morgan fingerprint density at radius 3 is 2.25 bits per heavy atom. The average molecular weight is 381 g/mol. The lowest BCUT2D eigenvalue weighted by molar-refractivity contribution is 0.964. The van der Waals surface area contributed by atoms with Gasteiger partial charge in [-0.3, -0.25) is 4.99 Å². The Bertz CT molecular complexity index is 902. The van der Waals surface area contributed by atoms with Crippen LogP contribution >= 0.6 is 15.9 Å². The fourth-order valence-electron chi connectivity index (χ4n) is 2.86. The Morgan fingerprint density at radius 2 is 1.58 bits per heavy atom. The second kappa shape index (κ2) is 6.78. The maximum Gasteiger partial charge on any atom is 0.0632 e. The molecule has 0 spiro atoms. The van der Waals surface area contributed by atoms with Gasteiger partial charge < -0.3 is 4.57 Å². The minimum atomic E-state index is 0.992. The summed E-state index contributed by atoms with van der Waals surface area (Å²) >= 11 is 3.49. The van der Waals surface area contributed by atoms with Crippen LogP contribution in [-0.2, 0) is 0 Å². The molecule has 24 heavy (non-hydrogen) atoms. The SMILES string of the molecule is Cc1ccc(N=Cc2cc(C)n(-c3ccc(Br)cc3)c2C)cc1C. The molecule has 0 radical (unpaired) electrons. The molecule has 0 aliphatic rings. The van der Waals surface area contributed by atoms with E-state index in [0.717, 1.165) is 15.7 Å². The minimum absolute atomic E-state index is 0.992. The fraction of sp³-hybridized carbons (Fsp3) is 0.190. The largest absolute Gasteiger partial charge is 0.318 e. The first-order valence-corrected chi connectivity index (χ1v) is 8.81. The molecule has 2 aromatic carbocycles. The van der Waals surface area contributed by atoms with Gasteiger partial charge in [-0.25, -0.2) is 0 Å². The number of nitrogens with zero attached hydrogens (tertiary/aromatic N) is 2. The van der Waals surface area contributed by atoms with Gasteiger partial charge in [0.2, 0.25) is 0 Å². The molecule has 1 heterocycles. The van der Waals surface area contributed by atoms with Crippen LogP contribution in [0.25, 0.3) is 5.69 Å². The normalized spacial score (nSPS) is 11.4. The van der Waals surface area contributed by atoms with Gasteiger partial charge in [0.15, 0.2) is 0 Å². The monoisotopic (exact) mass is 380 g/mol. The number of rotatable bonds is 3. The van der Waals surface area contributed by atoms with Gasteiger partial charge in [0, 0.05) is 33.3 Å². The van der Waals surface area contributed by atoms with Gasteiger partial charge in [-0.2, -0.15) is 0 Å². The Morgan fingerprint density at radius 1 is 0.875 bits per heavy atom. The molecule has 0 fully saturated rings. The molecule has 3 aromatic rings. The number of hydrogen-bond acceptors (Lipinski definition) is 1. The minimum Gasteiger partial charge on any atom is -0.318 e. The Hall–Kier alpha value is -2.13. The Labute approximate surface area is 152 Å². The number of halogens is 1. The summed E-state index contributed by atoms with van der Waals surface area (Å²) in [6, 6.07) is 16.9. The summed E-state index contributed by atoms with van der Waals surface area (Å²) < 4.78 is 3.35. The van der Waals surface area contributed by atoms with Crippen molar-refractivity contribution in [2.75, 3.05) is 0 Å². The quantitative estimate of drug-likeness (QED) is 0.479. The van der Waals surface area contributed by atoms with Crippen LogP contribution in [0.3, 0.4) is 0 Å². The molecule has 0 aliphatic heterocycles. The molecule has 122 valence electrons. The lowest BCUT2D eigenvalue weighted by Crippen LogP contribution is -1.99. The summed E-state index contributed by atoms with van der Waals surface area (Å²) in [6.45, 7) is 8.50. The van der Waals surface area contributed by atoms with Crippen molar-refractivity contribution in [1.82, 2.24) is 4.57 Å². The summed E-state index contributed by atoms with van der Waals surface area (Å²) in [5.74, 6) is 0.